The van der Waals surface area contributed by atoms with Gasteiger partial charge in [-0.05, 0) is 53.9 Å². The second-order valence-corrected chi connectivity index (χ2v) is 8.28. The standard InChI is InChI=1S/C21H24N4O3S/c1-16(24-25-29-14-21(27)22-15-29)7-12-20(26)23-18-8-10-19(11-9-18)28-13-17-5-3-2-4-6-17/h2-6,8-11H,7,12-15H2,1H3,(H,22,27)(H,23,26)/b24-16+. The molecule has 0 radical (unpaired) electrons. The van der Waals surface area contributed by atoms with Crippen molar-refractivity contribution in [3.8, 4) is 5.75 Å². The largest absolute Gasteiger partial charge is 0.489 e. The molecule has 7 nitrogen and oxygen atoms in total. The first-order valence-corrected chi connectivity index (χ1v) is 10.9. The Morgan fingerprint density at radius 3 is 2.59 bits per heavy atom. The maximum atomic E-state index is 12.1. The highest BCUT2D eigenvalue weighted by atomic mass is 32.2. The average molecular weight is 413 g/mol. The lowest BCUT2D eigenvalue weighted by Gasteiger charge is -2.08. The van der Waals surface area contributed by atoms with Crippen molar-refractivity contribution in [2.45, 2.75) is 26.4 Å². The number of nitrogens with one attached hydrogen (secondary N) is 2. The monoisotopic (exact) mass is 412 g/mol. The Bertz CT molecular complexity index is 911. The van der Waals surface area contributed by atoms with Crippen LogP contribution in [0.5, 0.6) is 5.75 Å². The molecule has 1 aliphatic rings. The van der Waals surface area contributed by atoms with Gasteiger partial charge in [0.25, 0.3) is 0 Å². The zero-order chi connectivity index (χ0) is 20.5. The topological polar surface area (TPSA) is 92.2 Å². The summed E-state index contributed by atoms with van der Waals surface area (Å²) in [4.78, 5) is 23.3. The van der Waals surface area contributed by atoms with Crippen LogP contribution in [0.1, 0.15) is 25.3 Å². The van der Waals surface area contributed by atoms with Crippen LogP contribution in [0.3, 0.4) is 0 Å². The fraction of sp³-hybridized carbons (Fsp3) is 0.286. The highest BCUT2D eigenvalue weighted by molar-refractivity contribution is 7.88. The molecule has 0 saturated carbocycles. The van der Waals surface area contributed by atoms with Crippen LogP contribution in [0.15, 0.2) is 64.2 Å². The Labute approximate surface area is 172 Å². The molecule has 152 valence electrons. The van der Waals surface area contributed by atoms with E-state index in [4.69, 9.17) is 4.74 Å². The summed E-state index contributed by atoms with van der Waals surface area (Å²) in [6.45, 7) is 2.34. The van der Waals surface area contributed by atoms with Crippen LogP contribution >= 0.6 is 0 Å². The molecule has 1 unspecified atom stereocenters. The maximum absolute atomic E-state index is 12.1. The van der Waals surface area contributed by atoms with Crippen molar-refractivity contribution in [3.05, 3.63) is 60.2 Å². The SMILES string of the molecule is C/C(CCC(=O)Nc1ccc(OCc2ccccc2)cc1)=N\N=S1/CNC(=O)C1. The number of amides is 2. The van der Waals surface area contributed by atoms with Gasteiger partial charge in [0, 0.05) is 17.8 Å². The highest BCUT2D eigenvalue weighted by Crippen LogP contribution is 2.17. The van der Waals surface area contributed by atoms with E-state index in [2.05, 4.69) is 20.2 Å². The first-order chi connectivity index (χ1) is 14.1. The lowest BCUT2D eigenvalue weighted by molar-refractivity contribution is -0.118. The summed E-state index contributed by atoms with van der Waals surface area (Å²) in [5.74, 6) is 1.64. The van der Waals surface area contributed by atoms with Crippen LogP contribution < -0.4 is 15.4 Å². The van der Waals surface area contributed by atoms with Crippen LogP contribution in [-0.2, 0) is 26.9 Å². The van der Waals surface area contributed by atoms with Crippen LogP contribution in [0.2, 0.25) is 0 Å². The second-order valence-electron chi connectivity index (χ2n) is 6.61. The number of benzene rings is 2. The van der Waals surface area contributed by atoms with Crippen molar-refractivity contribution in [3.63, 3.8) is 0 Å². The van der Waals surface area contributed by atoms with E-state index < -0.39 is 0 Å². The number of ether oxygens (including phenoxy) is 1. The molecule has 0 aliphatic carbocycles. The molecule has 3 rings (SSSR count). The minimum absolute atomic E-state index is 0.0146. The van der Waals surface area contributed by atoms with E-state index in [1.165, 1.54) is 0 Å². The summed E-state index contributed by atoms with van der Waals surface area (Å²) in [7, 11) is -0.376. The van der Waals surface area contributed by atoms with E-state index >= 15 is 0 Å². The zero-order valence-corrected chi connectivity index (χ0v) is 17.1. The number of hydrogen-bond acceptors (Lipinski definition) is 4. The van der Waals surface area contributed by atoms with Gasteiger partial charge in [0.2, 0.25) is 11.8 Å². The molecule has 0 bridgehead atoms. The van der Waals surface area contributed by atoms with Crippen LogP contribution in [0.25, 0.3) is 0 Å². The lowest BCUT2D eigenvalue weighted by atomic mass is 10.2. The summed E-state index contributed by atoms with van der Waals surface area (Å²) in [6.07, 6.45) is 0.842. The van der Waals surface area contributed by atoms with Crippen molar-refractivity contribution < 1.29 is 14.3 Å². The Morgan fingerprint density at radius 1 is 1.14 bits per heavy atom. The van der Waals surface area contributed by atoms with Crippen LogP contribution in [0, 0.1) is 0 Å². The molecule has 2 aromatic rings. The first kappa shape index (κ1) is 20.7. The molecule has 0 spiro atoms. The van der Waals surface area contributed by atoms with Gasteiger partial charge < -0.3 is 15.4 Å². The van der Waals surface area contributed by atoms with E-state index in [1.54, 1.807) is 0 Å². The molecular formula is C21H24N4O3S. The summed E-state index contributed by atoms with van der Waals surface area (Å²) < 4.78 is 9.91. The van der Waals surface area contributed by atoms with Crippen LogP contribution in [0.4, 0.5) is 5.69 Å². The number of carbonyl (C=O) groups excluding carboxylic acids is 2. The van der Waals surface area contributed by atoms with Gasteiger partial charge in [0.05, 0.1) is 11.6 Å². The van der Waals surface area contributed by atoms with Crippen LogP contribution in [-0.4, -0.2) is 29.2 Å². The number of rotatable bonds is 8. The molecule has 0 aromatic heterocycles. The molecule has 1 fully saturated rings. The third kappa shape index (κ3) is 7.15. The van der Waals surface area contributed by atoms with Crippen molar-refractivity contribution in [1.29, 1.82) is 0 Å². The van der Waals surface area contributed by atoms with E-state index in [1.807, 2.05) is 61.5 Å². The van der Waals surface area contributed by atoms with Gasteiger partial charge in [0.1, 0.15) is 12.4 Å². The van der Waals surface area contributed by atoms with Gasteiger partial charge in [-0.25, -0.2) is 0 Å². The van der Waals surface area contributed by atoms with Crippen molar-refractivity contribution in [2.24, 2.45) is 9.57 Å². The molecule has 2 N–H and O–H groups in total. The number of anilines is 1. The van der Waals surface area contributed by atoms with E-state index in [0.717, 1.165) is 22.7 Å². The third-order valence-electron chi connectivity index (χ3n) is 4.16. The first-order valence-electron chi connectivity index (χ1n) is 9.33. The smallest absolute Gasteiger partial charge is 0.231 e. The molecule has 8 heteroatoms. The van der Waals surface area contributed by atoms with Crippen molar-refractivity contribution >= 4 is 33.9 Å². The molecule has 2 amide bonds. The number of hydrogen-bond donors (Lipinski definition) is 2. The fourth-order valence-corrected chi connectivity index (χ4v) is 3.75. The predicted octanol–water partition coefficient (Wildman–Crippen LogP) is 3.25. The maximum Gasteiger partial charge on any atom is 0.231 e. The predicted molar refractivity (Wildman–Crippen MR) is 116 cm³/mol. The molecule has 1 heterocycles. The van der Waals surface area contributed by atoms with E-state index in [0.29, 0.717) is 31.1 Å². The Hall–Kier alpha value is -3.00. The van der Waals surface area contributed by atoms with Crippen molar-refractivity contribution in [1.82, 2.24) is 5.32 Å². The summed E-state index contributed by atoms with van der Waals surface area (Å²) in [6, 6.07) is 17.3. The third-order valence-corrected chi connectivity index (χ3v) is 5.55. The Morgan fingerprint density at radius 2 is 1.90 bits per heavy atom. The molecule has 1 aliphatic heterocycles. The number of carbonyl (C=O) groups is 2. The van der Waals surface area contributed by atoms with Gasteiger partial charge in [-0.15, -0.1) is 4.47 Å². The van der Waals surface area contributed by atoms with Gasteiger partial charge in [-0.3, -0.25) is 9.59 Å². The molecule has 2 aromatic carbocycles. The lowest BCUT2D eigenvalue weighted by Crippen LogP contribution is -2.14. The molecule has 1 atom stereocenters. The van der Waals surface area contributed by atoms with Gasteiger partial charge in [-0.1, -0.05) is 30.3 Å². The van der Waals surface area contributed by atoms with Gasteiger partial charge >= 0.3 is 0 Å². The summed E-state index contributed by atoms with van der Waals surface area (Å²) in [5.41, 5.74) is 2.60. The Balaban J connectivity index is 1.41. The van der Waals surface area contributed by atoms with Gasteiger partial charge in [0.15, 0.2) is 0 Å². The minimum atomic E-state index is -0.376. The molecule has 1 saturated heterocycles. The van der Waals surface area contributed by atoms with Crippen molar-refractivity contribution in [2.75, 3.05) is 16.9 Å². The average Bonchev–Trinajstić information content (AvgIpc) is 3.16. The fourth-order valence-electron chi connectivity index (χ4n) is 2.55. The number of nitrogens with zero attached hydrogens (tertiary/aromatic N) is 2. The van der Waals surface area contributed by atoms with E-state index in [-0.39, 0.29) is 22.5 Å². The van der Waals surface area contributed by atoms with Gasteiger partial charge in [-0.2, -0.15) is 5.10 Å². The minimum Gasteiger partial charge on any atom is -0.489 e. The molecule has 29 heavy (non-hydrogen) atoms. The molecular weight excluding hydrogens is 388 g/mol. The second kappa shape index (κ2) is 10.5. The normalized spacial score (nSPS) is 16.5. The quantitative estimate of drug-likeness (QED) is 0.515. The summed E-state index contributed by atoms with van der Waals surface area (Å²) >= 11 is 0. The van der Waals surface area contributed by atoms with E-state index in [9.17, 15) is 9.59 Å². The zero-order valence-electron chi connectivity index (χ0n) is 16.3. The Kier molecular flexibility index (Phi) is 7.52. The summed E-state index contributed by atoms with van der Waals surface area (Å²) in [5, 5.41) is 9.74. The highest BCUT2D eigenvalue weighted by Gasteiger charge is 2.14.